The van der Waals surface area contributed by atoms with Crippen LogP contribution in [-0.4, -0.2) is 22.1 Å². The molecule has 0 bridgehead atoms. The van der Waals surface area contributed by atoms with Crippen LogP contribution in [0.25, 0.3) is 0 Å². The number of nitrogens with one attached hydrogen (secondary N) is 1. The zero-order chi connectivity index (χ0) is 14.5. The highest BCUT2D eigenvalue weighted by molar-refractivity contribution is 6.40. The number of carbonyl (C=O) groups is 1. The zero-order valence-electron chi connectivity index (χ0n) is 10.3. The highest BCUT2D eigenvalue weighted by atomic mass is 35.5. The fraction of sp³-hybridized carbons (Fsp3) is 0.167. The van der Waals surface area contributed by atoms with Crippen LogP contribution in [0.2, 0.25) is 10.3 Å². The molecule has 0 fully saturated rings. The third-order valence-electron chi connectivity index (χ3n) is 2.57. The molecule has 20 heavy (non-hydrogen) atoms. The summed E-state index contributed by atoms with van der Waals surface area (Å²) in [7, 11) is 0. The molecule has 0 saturated heterocycles. The number of hydrazine groups is 1. The minimum Gasteiger partial charge on any atom is -0.483 e. The summed E-state index contributed by atoms with van der Waals surface area (Å²) in [6, 6.07) is 7.28. The Labute approximate surface area is 125 Å². The lowest BCUT2D eigenvalue weighted by molar-refractivity contribution is -0.123. The molecule has 0 radical (unpaired) electrons. The first-order chi connectivity index (χ1) is 9.61. The smallest absolute Gasteiger partial charge is 0.271 e. The first-order valence-corrected chi connectivity index (χ1v) is 6.43. The van der Waals surface area contributed by atoms with Crippen LogP contribution in [0.4, 0.5) is 0 Å². The minimum atomic E-state index is -0.413. The van der Waals surface area contributed by atoms with E-state index in [2.05, 4.69) is 4.98 Å². The summed E-state index contributed by atoms with van der Waals surface area (Å²) in [5.74, 6) is 5.15. The van der Waals surface area contributed by atoms with Crippen molar-refractivity contribution in [1.29, 1.82) is 0 Å². The van der Waals surface area contributed by atoms with Crippen LogP contribution < -0.4 is 16.0 Å². The summed E-state index contributed by atoms with van der Waals surface area (Å²) in [6.45, 7) is 0.269. The van der Waals surface area contributed by atoms with Gasteiger partial charge in [-0.05, 0) is 6.07 Å². The maximum atomic E-state index is 11.1. The second-order valence-corrected chi connectivity index (χ2v) is 4.63. The summed E-state index contributed by atoms with van der Waals surface area (Å²) in [4.78, 5) is 15.0. The first kappa shape index (κ1) is 14.6. The Hall–Kier alpha value is -1.76. The lowest BCUT2D eigenvalue weighted by atomic mass is 10.2. The van der Waals surface area contributed by atoms with Gasteiger partial charge < -0.3 is 9.30 Å². The van der Waals surface area contributed by atoms with Crippen molar-refractivity contribution < 1.29 is 9.53 Å². The Morgan fingerprint density at radius 1 is 1.40 bits per heavy atom. The van der Waals surface area contributed by atoms with E-state index < -0.39 is 5.91 Å². The lowest BCUT2D eigenvalue weighted by Gasteiger charge is -2.11. The predicted octanol–water partition coefficient (Wildman–Crippen LogP) is 1.61. The predicted molar refractivity (Wildman–Crippen MR) is 75.6 cm³/mol. The number of aromatic nitrogens is 2. The maximum absolute atomic E-state index is 11.1. The molecule has 0 atom stereocenters. The third kappa shape index (κ3) is 3.41. The highest BCUT2D eigenvalue weighted by Crippen LogP contribution is 2.24. The van der Waals surface area contributed by atoms with E-state index in [9.17, 15) is 4.79 Å². The van der Waals surface area contributed by atoms with Crippen LogP contribution in [0.1, 0.15) is 5.56 Å². The van der Waals surface area contributed by atoms with Gasteiger partial charge in [0.1, 0.15) is 10.9 Å². The van der Waals surface area contributed by atoms with Gasteiger partial charge in [-0.15, -0.1) is 0 Å². The summed E-state index contributed by atoms with van der Waals surface area (Å²) in [5, 5.41) is 0.591. The van der Waals surface area contributed by atoms with E-state index in [4.69, 9.17) is 33.8 Å². The van der Waals surface area contributed by atoms with Gasteiger partial charge in [-0.2, -0.15) is 0 Å². The molecule has 0 aliphatic rings. The number of nitrogens with two attached hydrogens (primary N) is 1. The second-order valence-electron chi connectivity index (χ2n) is 3.92. The molecule has 6 nitrogen and oxygen atoms in total. The number of ether oxygens (including phenoxy) is 1. The molecule has 2 aromatic rings. The van der Waals surface area contributed by atoms with E-state index in [1.165, 1.54) is 6.33 Å². The Kier molecular flexibility index (Phi) is 4.84. The van der Waals surface area contributed by atoms with Gasteiger partial charge in [-0.3, -0.25) is 10.2 Å². The molecule has 1 heterocycles. The van der Waals surface area contributed by atoms with Crippen molar-refractivity contribution in [3.8, 4) is 5.75 Å². The number of hydrogen-bond acceptors (Lipinski definition) is 4. The van der Waals surface area contributed by atoms with Gasteiger partial charge in [0.2, 0.25) is 0 Å². The van der Waals surface area contributed by atoms with E-state index in [1.54, 1.807) is 10.6 Å². The number of hydrogen-bond donors (Lipinski definition) is 2. The van der Waals surface area contributed by atoms with E-state index in [1.807, 2.05) is 23.6 Å². The molecule has 1 aromatic heterocycles. The van der Waals surface area contributed by atoms with Crippen LogP contribution >= 0.6 is 23.2 Å². The third-order valence-corrected chi connectivity index (χ3v) is 3.34. The van der Waals surface area contributed by atoms with Crippen molar-refractivity contribution in [3.05, 3.63) is 46.5 Å². The molecule has 8 heteroatoms. The molecular formula is C12H12Cl2N4O2. The molecule has 3 N–H and O–H groups in total. The second kappa shape index (κ2) is 6.60. The minimum absolute atomic E-state index is 0.161. The summed E-state index contributed by atoms with van der Waals surface area (Å²) < 4.78 is 7.08. The van der Waals surface area contributed by atoms with Crippen LogP contribution in [0, 0.1) is 0 Å². The highest BCUT2D eigenvalue weighted by Gasteiger charge is 2.10. The first-order valence-electron chi connectivity index (χ1n) is 5.68. The maximum Gasteiger partial charge on any atom is 0.271 e. The molecule has 2 rings (SSSR count). The fourth-order valence-electron chi connectivity index (χ4n) is 1.60. The summed E-state index contributed by atoms with van der Waals surface area (Å²) in [5.41, 5.74) is 2.84. The molecule has 0 unspecified atom stereocenters. The molecular weight excluding hydrogens is 303 g/mol. The average molecular weight is 315 g/mol. The normalized spacial score (nSPS) is 10.3. The Balaban J connectivity index is 2.15. The standard InChI is InChI=1S/C12H12Cl2N4O2/c13-11-12(14)18(7-16-11)5-8-3-1-2-4-9(8)20-6-10(19)17-15/h1-4,7H,5-6,15H2,(H,17,19). The molecule has 0 spiro atoms. The van der Waals surface area contributed by atoms with Crippen LogP contribution in [-0.2, 0) is 11.3 Å². The van der Waals surface area contributed by atoms with Crippen LogP contribution in [0.5, 0.6) is 5.75 Å². The molecule has 0 aliphatic carbocycles. The van der Waals surface area contributed by atoms with Crippen molar-refractivity contribution in [2.75, 3.05) is 6.61 Å². The van der Waals surface area contributed by atoms with Gasteiger partial charge in [0, 0.05) is 5.56 Å². The molecule has 0 aliphatic heterocycles. The largest absolute Gasteiger partial charge is 0.483 e. The number of amides is 1. The topological polar surface area (TPSA) is 82.2 Å². The van der Waals surface area contributed by atoms with E-state index >= 15 is 0 Å². The molecule has 106 valence electrons. The zero-order valence-corrected chi connectivity index (χ0v) is 11.9. The van der Waals surface area contributed by atoms with Gasteiger partial charge in [0.05, 0.1) is 12.9 Å². The average Bonchev–Trinajstić information content (AvgIpc) is 2.78. The number of nitrogens with zero attached hydrogens (tertiary/aromatic N) is 2. The van der Waals surface area contributed by atoms with Crippen molar-refractivity contribution in [1.82, 2.24) is 15.0 Å². The SMILES string of the molecule is NNC(=O)COc1ccccc1Cn1cnc(Cl)c1Cl. The number of benzene rings is 1. The molecule has 1 amide bonds. The van der Waals surface area contributed by atoms with Crippen molar-refractivity contribution in [3.63, 3.8) is 0 Å². The monoisotopic (exact) mass is 314 g/mol. The quantitative estimate of drug-likeness (QED) is 0.499. The van der Waals surface area contributed by atoms with E-state index in [-0.39, 0.29) is 11.8 Å². The van der Waals surface area contributed by atoms with Crippen LogP contribution in [0.15, 0.2) is 30.6 Å². The summed E-state index contributed by atoms with van der Waals surface area (Å²) >= 11 is 11.8. The number of carbonyl (C=O) groups excluding carboxylic acids is 1. The number of imidazole rings is 1. The summed E-state index contributed by atoms with van der Waals surface area (Å²) in [6.07, 6.45) is 1.54. The van der Waals surface area contributed by atoms with Crippen LogP contribution in [0.3, 0.4) is 0 Å². The Morgan fingerprint density at radius 3 is 2.80 bits per heavy atom. The fourth-order valence-corrected chi connectivity index (χ4v) is 1.90. The van der Waals surface area contributed by atoms with Crippen molar-refractivity contribution in [2.45, 2.75) is 6.54 Å². The molecule has 0 saturated carbocycles. The Morgan fingerprint density at radius 2 is 2.15 bits per heavy atom. The molecule has 1 aromatic carbocycles. The number of rotatable bonds is 5. The number of halogens is 2. The lowest BCUT2D eigenvalue weighted by Crippen LogP contribution is -2.34. The number of para-hydroxylation sites is 1. The Bertz CT molecular complexity index is 615. The van der Waals surface area contributed by atoms with Crippen molar-refractivity contribution in [2.24, 2.45) is 5.84 Å². The van der Waals surface area contributed by atoms with Gasteiger partial charge in [0.25, 0.3) is 5.91 Å². The van der Waals surface area contributed by atoms with E-state index in [0.717, 1.165) is 5.56 Å². The van der Waals surface area contributed by atoms with Gasteiger partial charge in [-0.1, -0.05) is 41.4 Å². The van der Waals surface area contributed by atoms with Crippen molar-refractivity contribution >= 4 is 29.1 Å². The van der Waals surface area contributed by atoms with Gasteiger partial charge in [-0.25, -0.2) is 10.8 Å². The van der Waals surface area contributed by atoms with E-state index in [0.29, 0.717) is 17.4 Å². The van der Waals surface area contributed by atoms with Gasteiger partial charge >= 0.3 is 0 Å². The van der Waals surface area contributed by atoms with Gasteiger partial charge in [0.15, 0.2) is 11.8 Å².